The van der Waals surface area contributed by atoms with Crippen molar-refractivity contribution in [3.8, 4) is 0 Å². The first-order valence-corrected chi connectivity index (χ1v) is 7.91. The zero-order chi connectivity index (χ0) is 12.4. The molecule has 2 atom stereocenters. The molecule has 0 amide bonds. The minimum atomic E-state index is 0.356. The van der Waals surface area contributed by atoms with E-state index in [1.807, 2.05) is 0 Å². The summed E-state index contributed by atoms with van der Waals surface area (Å²) in [6.07, 6.45) is 5.38. The van der Waals surface area contributed by atoms with Gasteiger partial charge in [-0.1, -0.05) is 0 Å². The van der Waals surface area contributed by atoms with Crippen LogP contribution in [0, 0.1) is 0 Å². The predicted molar refractivity (Wildman–Crippen MR) is 74.7 cm³/mol. The van der Waals surface area contributed by atoms with Crippen LogP contribution in [0.4, 0.5) is 0 Å². The monoisotopic (exact) mass is 266 g/mol. The van der Waals surface area contributed by atoms with Crippen molar-refractivity contribution in [2.24, 2.45) is 5.73 Å². The quantitative estimate of drug-likeness (QED) is 0.858. The maximum atomic E-state index is 6.03. The molecular formula is C14H22N2OS. The van der Waals surface area contributed by atoms with Gasteiger partial charge in [0.1, 0.15) is 0 Å². The fourth-order valence-corrected chi connectivity index (χ4v) is 3.58. The highest BCUT2D eigenvalue weighted by Crippen LogP contribution is 2.33. The van der Waals surface area contributed by atoms with E-state index in [1.165, 1.54) is 31.2 Å². The maximum absolute atomic E-state index is 6.03. The average Bonchev–Trinajstić information content (AvgIpc) is 2.89. The Morgan fingerprint density at radius 1 is 1.44 bits per heavy atom. The van der Waals surface area contributed by atoms with Crippen LogP contribution in [0.15, 0.2) is 16.8 Å². The summed E-state index contributed by atoms with van der Waals surface area (Å²) in [5, 5.41) is 4.41. The average molecular weight is 266 g/mol. The zero-order valence-electron chi connectivity index (χ0n) is 10.8. The molecule has 0 spiro atoms. The van der Waals surface area contributed by atoms with Gasteiger partial charge in [-0.05, 0) is 48.1 Å². The molecule has 0 radical (unpaired) electrons. The molecule has 100 valence electrons. The van der Waals surface area contributed by atoms with Crippen molar-refractivity contribution in [2.45, 2.75) is 50.4 Å². The summed E-state index contributed by atoms with van der Waals surface area (Å²) in [6.45, 7) is 2.67. The van der Waals surface area contributed by atoms with E-state index in [0.717, 1.165) is 19.2 Å². The number of hydrogen-bond donors (Lipinski definition) is 1. The van der Waals surface area contributed by atoms with E-state index in [0.29, 0.717) is 18.7 Å². The topological polar surface area (TPSA) is 38.5 Å². The number of ether oxygens (including phenoxy) is 1. The highest BCUT2D eigenvalue weighted by Gasteiger charge is 2.38. The molecule has 1 aromatic rings. The number of thiophene rings is 1. The Balaban J connectivity index is 1.70. The first kappa shape index (κ1) is 12.6. The van der Waals surface area contributed by atoms with Crippen LogP contribution in [0.5, 0.6) is 0 Å². The first-order valence-electron chi connectivity index (χ1n) is 6.97. The van der Waals surface area contributed by atoms with E-state index in [4.69, 9.17) is 10.5 Å². The summed E-state index contributed by atoms with van der Waals surface area (Å²) in [5.41, 5.74) is 7.45. The van der Waals surface area contributed by atoms with Crippen LogP contribution in [0.3, 0.4) is 0 Å². The van der Waals surface area contributed by atoms with Gasteiger partial charge in [-0.3, -0.25) is 4.90 Å². The Labute approximate surface area is 113 Å². The van der Waals surface area contributed by atoms with Crippen molar-refractivity contribution < 1.29 is 4.74 Å². The van der Waals surface area contributed by atoms with Crippen molar-refractivity contribution in [3.63, 3.8) is 0 Å². The number of rotatable bonds is 6. The molecule has 1 aromatic heterocycles. The largest absolute Gasteiger partial charge is 0.377 e. The van der Waals surface area contributed by atoms with E-state index in [1.54, 1.807) is 11.3 Å². The van der Waals surface area contributed by atoms with Crippen LogP contribution in [-0.4, -0.2) is 36.2 Å². The van der Waals surface area contributed by atoms with Crippen molar-refractivity contribution in [1.82, 2.24) is 4.90 Å². The first-order chi connectivity index (χ1) is 8.88. The van der Waals surface area contributed by atoms with Crippen LogP contribution in [0.25, 0.3) is 0 Å². The molecular weight excluding hydrogens is 244 g/mol. The third kappa shape index (κ3) is 2.77. The lowest BCUT2D eigenvalue weighted by Crippen LogP contribution is -2.48. The van der Waals surface area contributed by atoms with E-state index in [2.05, 4.69) is 21.7 Å². The molecule has 1 saturated carbocycles. The zero-order valence-corrected chi connectivity index (χ0v) is 11.6. The van der Waals surface area contributed by atoms with Gasteiger partial charge in [-0.25, -0.2) is 0 Å². The minimum Gasteiger partial charge on any atom is -0.377 e. The number of nitrogens with two attached hydrogens (primary N) is 1. The molecule has 0 aromatic carbocycles. The van der Waals surface area contributed by atoms with Gasteiger partial charge in [0.2, 0.25) is 0 Å². The lowest BCUT2D eigenvalue weighted by Gasteiger charge is -2.34. The molecule has 0 bridgehead atoms. The summed E-state index contributed by atoms with van der Waals surface area (Å²) in [4.78, 5) is 2.60. The molecule has 2 heterocycles. The number of nitrogens with zero attached hydrogens (tertiary/aromatic N) is 1. The van der Waals surface area contributed by atoms with E-state index < -0.39 is 0 Å². The molecule has 4 heteroatoms. The van der Waals surface area contributed by atoms with Gasteiger partial charge >= 0.3 is 0 Å². The standard InChI is InChI=1S/C14H22N2OS/c15-8-13(14-2-1-6-17-14)16(12-3-4-12)9-11-5-7-18-10-11/h5,7,10,12-14H,1-4,6,8-9,15H2. The van der Waals surface area contributed by atoms with Crippen molar-refractivity contribution >= 4 is 11.3 Å². The lowest BCUT2D eigenvalue weighted by atomic mass is 10.1. The fraction of sp³-hybridized carbons (Fsp3) is 0.714. The molecule has 1 aliphatic heterocycles. The molecule has 2 N–H and O–H groups in total. The molecule has 2 aliphatic rings. The smallest absolute Gasteiger partial charge is 0.0743 e. The van der Waals surface area contributed by atoms with Crippen molar-refractivity contribution in [1.29, 1.82) is 0 Å². The minimum absolute atomic E-state index is 0.356. The Hall–Kier alpha value is -0.420. The molecule has 3 nitrogen and oxygen atoms in total. The molecule has 2 unspecified atom stereocenters. The number of hydrogen-bond acceptors (Lipinski definition) is 4. The molecule has 18 heavy (non-hydrogen) atoms. The normalized spacial score (nSPS) is 25.8. The van der Waals surface area contributed by atoms with Crippen LogP contribution >= 0.6 is 11.3 Å². The lowest BCUT2D eigenvalue weighted by molar-refractivity contribution is 0.0199. The summed E-state index contributed by atoms with van der Waals surface area (Å²) in [7, 11) is 0. The summed E-state index contributed by atoms with van der Waals surface area (Å²) in [6, 6.07) is 3.37. The Kier molecular flexibility index (Phi) is 3.99. The Bertz CT molecular complexity index is 358. The van der Waals surface area contributed by atoms with Gasteiger partial charge < -0.3 is 10.5 Å². The Morgan fingerprint density at radius 2 is 2.33 bits per heavy atom. The van der Waals surface area contributed by atoms with Crippen LogP contribution in [0.1, 0.15) is 31.2 Å². The van der Waals surface area contributed by atoms with Crippen molar-refractivity contribution in [3.05, 3.63) is 22.4 Å². The highest BCUT2D eigenvalue weighted by atomic mass is 32.1. The fourth-order valence-electron chi connectivity index (χ4n) is 2.92. The van der Waals surface area contributed by atoms with Crippen LogP contribution in [0.2, 0.25) is 0 Å². The second-order valence-electron chi connectivity index (χ2n) is 5.39. The van der Waals surface area contributed by atoms with Gasteiger partial charge in [-0.15, -0.1) is 0 Å². The second-order valence-corrected chi connectivity index (χ2v) is 6.17. The van der Waals surface area contributed by atoms with Crippen molar-refractivity contribution in [2.75, 3.05) is 13.2 Å². The Morgan fingerprint density at radius 3 is 2.89 bits per heavy atom. The van der Waals surface area contributed by atoms with E-state index in [-0.39, 0.29) is 0 Å². The predicted octanol–water partition coefficient (Wildman–Crippen LogP) is 2.22. The third-order valence-corrected chi connectivity index (χ3v) is 4.75. The summed E-state index contributed by atoms with van der Waals surface area (Å²) >= 11 is 1.78. The highest BCUT2D eigenvalue weighted by molar-refractivity contribution is 7.07. The molecule has 3 rings (SSSR count). The van der Waals surface area contributed by atoms with Crippen LogP contribution in [-0.2, 0) is 11.3 Å². The second kappa shape index (κ2) is 5.70. The molecule has 1 saturated heterocycles. The van der Waals surface area contributed by atoms with Gasteiger partial charge in [0.05, 0.1) is 6.10 Å². The van der Waals surface area contributed by atoms with Gasteiger partial charge in [0.15, 0.2) is 0 Å². The maximum Gasteiger partial charge on any atom is 0.0743 e. The SMILES string of the molecule is NCC(C1CCCO1)N(Cc1ccsc1)C1CC1. The summed E-state index contributed by atoms with van der Waals surface area (Å²) < 4.78 is 5.87. The van der Waals surface area contributed by atoms with Gasteiger partial charge in [-0.2, -0.15) is 11.3 Å². The van der Waals surface area contributed by atoms with E-state index >= 15 is 0 Å². The van der Waals surface area contributed by atoms with Crippen LogP contribution < -0.4 is 5.73 Å². The van der Waals surface area contributed by atoms with Gasteiger partial charge in [0.25, 0.3) is 0 Å². The molecule has 1 aliphatic carbocycles. The third-order valence-electron chi connectivity index (χ3n) is 4.02. The van der Waals surface area contributed by atoms with Gasteiger partial charge in [0, 0.05) is 31.8 Å². The van der Waals surface area contributed by atoms with E-state index in [9.17, 15) is 0 Å². The summed E-state index contributed by atoms with van der Waals surface area (Å²) in [5.74, 6) is 0. The molecule has 2 fully saturated rings.